The number of rotatable bonds is 36. The monoisotopic (exact) mass is 643 g/mol. The van der Waals surface area contributed by atoms with Crippen molar-refractivity contribution in [3.05, 3.63) is 24.3 Å². The Bertz CT molecular complexity index is 652. The molecule has 0 radical (unpaired) electrons. The van der Waals surface area contributed by atoms with E-state index in [1.807, 2.05) is 0 Å². The van der Waals surface area contributed by atoms with Gasteiger partial charge in [0, 0.05) is 24.3 Å². The summed E-state index contributed by atoms with van der Waals surface area (Å²) in [5.41, 5.74) is 2.92. The minimum Gasteiger partial charge on any atom is -0.305 e. The molecule has 2 unspecified atom stereocenters. The van der Waals surface area contributed by atoms with E-state index in [0.29, 0.717) is 0 Å². The highest BCUT2D eigenvalue weighted by Gasteiger charge is 2.10. The third-order valence-corrected chi connectivity index (χ3v) is 10.7. The van der Waals surface area contributed by atoms with Crippen molar-refractivity contribution in [3.63, 3.8) is 0 Å². The molecule has 0 saturated heterocycles. The van der Waals surface area contributed by atoms with Crippen LogP contribution in [-0.2, 0) is 0 Å². The Morgan fingerprint density at radius 1 is 0.283 bits per heavy atom. The standard InChI is InChI=1S/C44H84N2/c1-5-7-9-11-13-15-17-19-21-23-25-27-29-31-33-35-41-45(3)43-37-39-44(40-38-43)46(4)42-36-34-32-30-28-26-24-22-20-18-16-14-12-10-8-6-2/h37-40H,5-36,41-42H2,1-4H3/p+2. The van der Waals surface area contributed by atoms with Gasteiger partial charge in [0.1, 0.15) is 11.4 Å². The quantitative estimate of drug-likeness (QED) is 0.0674. The predicted octanol–water partition coefficient (Wildman–Crippen LogP) is 12.5. The van der Waals surface area contributed by atoms with E-state index < -0.39 is 0 Å². The molecule has 46 heavy (non-hydrogen) atoms. The second-order valence-corrected chi connectivity index (χ2v) is 15.2. The number of hydrogen-bond acceptors (Lipinski definition) is 0. The molecule has 0 aliphatic rings. The van der Waals surface area contributed by atoms with Crippen molar-refractivity contribution in [2.24, 2.45) is 0 Å². The van der Waals surface area contributed by atoms with E-state index >= 15 is 0 Å². The highest BCUT2D eigenvalue weighted by molar-refractivity contribution is 5.39. The van der Waals surface area contributed by atoms with Gasteiger partial charge in [0.25, 0.3) is 0 Å². The van der Waals surface area contributed by atoms with E-state index in [0.717, 1.165) is 0 Å². The Labute approximate surface area is 291 Å². The van der Waals surface area contributed by atoms with Gasteiger partial charge in [0.05, 0.1) is 27.2 Å². The van der Waals surface area contributed by atoms with Crippen LogP contribution in [0, 0.1) is 0 Å². The first kappa shape index (κ1) is 43.2. The summed E-state index contributed by atoms with van der Waals surface area (Å²) in [6.07, 6.45) is 46.2. The van der Waals surface area contributed by atoms with Crippen molar-refractivity contribution in [3.8, 4) is 0 Å². The summed E-state index contributed by atoms with van der Waals surface area (Å²) in [6, 6.07) is 9.53. The van der Waals surface area contributed by atoms with Gasteiger partial charge < -0.3 is 9.80 Å². The third-order valence-electron chi connectivity index (χ3n) is 10.7. The van der Waals surface area contributed by atoms with Gasteiger partial charge in [-0.05, 0) is 25.7 Å². The Hall–Kier alpha value is -0.860. The van der Waals surface area contributed by atoms with Crippen LogP contribution in [0.1, 0.15) is 219 Å². The fourth-order valence-corrected chi connectivity index (χ4v) is 7.20. The lowest BCUT2D eigenvalue weighted by atomic mass is 10.0. The average Bonchev–Trinajstić information content (AvgIpc) is 3.07. The first-order valence-corrected chi connectivity index (χ1v) is 21.4. The third kappa shape index (κ3) is 27.1. The zero-order valence-corrected chi connectivity index (χ0v) is 32.4. The fourth-order valence-electron chi connectivity index (χ4n) is 7.20. The SMILES string of the molecule is CCCCCCCCCCCCCCCCCC[NH+](C)c1ccc([NH+](C)CCCCCCCCCCCCCCCCCC)cc1. The molecule has 0 saturated carbocycles. The number of nitrogens with one attached hydrogen (secondary N) is 2. The van der Waals surface area contributed by atoms with E-state index in [1.165, 1.54) is 230 Å². The van der Waals surface area contributed by atoms with Crippen molar-refractivity contribution in [2.45, 2.75) is 219 Å². The maximum absolute atomic E-state index is 2.38. The number of benzene rings is 1. The van der Waals surface area contributed by atoms with Crippen LogP contribution in [0.3, 0.4) is 0 Å². The van der Waals surface area contributed by atoms with Gasteiger partial charge in [0.2, 0.25) is 0 Å². The molecule has 1 rings (SSSR count). The topological polar surface area (TPSA) is 8.88 Å². The molecule has 0 aromatic heterocycles. The second-order valence-electron chi connectivity index (χ2n) is 15.2. The van der Waals surface area contributed by atoms with Crippen LogP contribution in [0.25, 0.3) is 0 Å². The van der Waals surface area contributed by atoms with Gasteiger partial charge in [-0.3, -0.25) is 0 Å². The molecule has 2 heteroatoms. The van der Waals surface area contributed by atoms with Crippen LogP contribution in [0.4, 0.5) is 11.4 Å². The fraction of sp³-hybridized carbons (Fsp3) is 0.864. The maximum Gasteiger partial charge on any atom is 0.131 e. The maximum atomic E-state index is 2.38. The first-order valence-electron chi connectivity index (χ1n) is 21.4. The van der Waals surface area contributed by atoms with Gasteiger partial charge in [-0.2, -0.15) is 0 Å². The summed E-state index contributed by atoms with van der Waals surface area (Å²) >= 11 is 0. The van der Waals surface area contributed by atoms with Crippen LogP contribution in [0.15, 0.2) is 24.3 Å². The second kappa shape index (κ2) is 34.0. The number of quaternary nitrogens is 2. The van der Waals surface area contributed by atoms with Crippen LogP contribution in [0.5, 0.6) is 0 Å². The van der Waals surface area contributed by atoms with E-state index in [9.17, 15) is 0 Å². The lowest BCUT2D eigenvalue weighted by molar-refractivity contribution is -0.813. The van der Waals surface area contributed by atoms with Gasteiger partial charge in [0.15, 0.2) is 0 Å². The van der Waals surface area contributed by atoms with Crippen molar-refractivity contribution in [2.75, 3.05) is 27.2 Å². The zero-order chi connectivity index (χ0) is 33.2. The molecule has 1 aromatic rings. The van der Waals surface area contributed by atoms with Crippen molar-refractivity contribution >= 4 is 11.4 Å². The molecule has 0 aliphatic heterocycles. The van der Waals surface area contributed by atoms with Gasteiger partial charge >= 0.3 is 0 Å². The molecular weight excluding hydrogens is 556 g/mol. The summed E-state index contributed by atoms with van der Waals surface area (Å²) in [7, 11) is 4.71. The predicted molar refractivity (Wildman–Crippen MR) is 208 cm³/mol. The smallest absolute Gasteiger partial charge is 0.131 e. The van der Waals surface area contributed by atoms with Crippen LogP contribution in [0.2, 0.25) is 0 Å². The minimum absolute atomic E-state index is 1.26. The zero-order valence-electron chi connectivity index (χ0n) is 32.4. The molecule has 0 amide bonds. The summed E-state index contributed by atoms with van der Waals surface area (Å²) in [5, 5.41) is 0. The molecule has 2 nitrogen and oxygen atoms in total. The molecule has 2 N–H and O–H groups in total. The Balaban J connectivity index is 1.92. The minimum atomic E-state index is 1.26. The Morgan fingerprint density at radius 3 is 0.652 bits per heavy atom. The normalized spacial score (nSPS) is 13.0. The average molecular weight is 643 g/mol. The van der Waals surface area contributed by atoms with Crippen LogP contribution < -0.4 is 9.80 Å². The largest absolute Gasteiger partial charge is 0.305 e. The van der Waals surface area contributed by atoms with Crippen molar-refractivity contribution in [1.29, 1.82) is 0 Å². The molecule has 0 fully saturated rings. The number of unbranched alkanes of at least 4 members (excludes halogenated alkanes) is 30. The molecule has 270 valence electrons. The van der Waals surface area contributed by atoms with Crippen molar-refractivity contribution < 1.29 is 9.80 Å². The molecule has 2 atom stereocenters. The van der Waals surface area contributed by atoms with Gasteiger partial charge in [-0.1, -0.05) is 194 Å². The van der Waals surface area contributed by atoms with Crippen molar-refractivity contribution in [1.82, 2.24) is 0 Å². The lowest BCUT2D eigenvalue weighted by Crippen LogP contribution is -3.04. The van der Waals surface area contributed by atoms with E-state index in [-0.39, 0.29) is 0 Å². The summed E-state index contributed by atoms with van der Waals surface area (Å²) in [5.74, 6) is 0. The molecule has 0 bridgehead atoms. The summed E-state index contributed by atoms with van der Waals surface area (Å²) in [6.45, 7) is 7.14. The molecule has 0 aliphatic carbocycles. The lowest BCUT2D eigenvalue weighted by Gasteiger charge is -2.16. The first-order chi connectivity index (χ1) is 22.7. The van der Waals surface area contributed by atoms with E-state index in [2.05, 4.69) is 52.2 Å². The number of hydrogen-bond donors (Lipinski definition) is 2. The van der Waals surface area contributed by atoms with E-state index in [4.69, 9.17) is 0 Å². The summed E-state index contributed by atoms with van der Waals surface area (Å²) in [4.78, 5) is 3.15. The van der Waals surface area contributed by atoms with Gasteiger partial charge in [-0.15, -0.1) is 0 Å². The Morgan fingerprint density at radius 2 is 0.457 bits per heavy atom. The Kier molecular flexibility index (Phi) is 31.9. The highest BCUT2D eigenvalue weighted by atomic mass is 15.1. The molecule has 0 heterocycles. The molecule has 0 spiro atoms. The molecular formula is C44H86N2+2. The van der Waals surface area contributed by atoms with Gasteiger partial charge in [-0.25, -0.2) is 0 Å². The van der Waals surface area contributed by atoms with Crippen LogP contribution >= 0.6 is 0 Å². The molecule has 1 aromatic carbocycles. The van der Waals surface area contributed by atoms with Crippen LogP contribution in [-0.4, -0.2) is 27.2 Å². The highest BCUT2D eigenvalue weighted by Crippen LogP contribution is 2.15. The van der Waals surface area contributed by atoms with E-state index in [1.54, 1.807) is 9.80 Å². The summed E-state index contributed by atoms with van der Waals surface area (Å²) < 4.78 is 0.